The van der Waals surface area contributed by atoms with E-state index in [1.165, 1.54) is 39.2 Å². The highest BCUT2D eigenvalue weighted by Crippen LogP contribution is 2.34. The largest absolute Gasteiger partial charge is 0.467 e. The number of carbonyl (C=O) groups is 1. The summed E-state index contributed by atoms with van der Waals surface area (Å²) in [5.41, 5.74) is 0.281. The minimum Gasteiger partial charge on any atom is -0.467 e. The van der Waals surface area contributed by atoms with Crippen molar-refractivity contribution in [1.29, 1.82) is 0 Å². The van der Waals surface area contributed by atoms with Crippen LogP contribution in [0.4, 0.5) is 0 Å². The number of thiophene rings is 1. The van der Waals surface area contributed by atoms with Crippen molar-refractivity contribution in [3.8, 4) is 0 Å². The second kappa shape index (κ2) is 9.46. The molecule has 0 spiro atoms. The molecular weight excluding hydrogens is 464 g/mol. The molecule has 3 aromatic heterocycles. The van der Waals surface area contributed by atoms with E-state index in [2.05, 4.69) is 5.10 Å². The van der Waals surface area contributed by atoms with E-state index >= 15 is 0 Å². The van der Waals surface area contributed by atoms with Crippen molar-refractivity contribution in [3.05, 3.63) is 75.2 Å². The lowest BCUT2D eigenvalue weighted by molar-refractivity contribution is -0.134. The zero-order valence-electron chi connectivity index (χ0n) is 18.2. The van der Waals surface area contributed by atoms with E-state index < -0.39 is 27.5 Å². The Hall–Kier alpha value is -3.02. The zero-order valence-corrected chi connectivity index (χ0v) is 19.9. The highest BCUT2D eigenvalue weighted by Gasteiger charge is 2.35. The Morgan fingerprint density at radius 2 is 2.00 bits per heavy atom. The third-order valence-corrected chi connectivity index (χ3v) is 8.40. The minimum atomic E-state index is -3.77. The monoisotopic (exact) mass is 488 g/mol. The van der Waals surface area contributed by atoms with Gasteiger partial charge in [-0.25, -0.2) is 13.4 Å². The summed E-state index contributed by atoms with van der Waals surface area (Å²) in [6.07, 6.45) is 3.23. The molecule has 0 N–H and O–H groups in total. The summed E-state index contributed by atoms with van der Waals surface area (Å²) in [5.74, 6) is 0.145. The number of hydrogen-bond acceptors (Lipinski definition) is 7. The van der Waals surface area contributed by atoms with Gasteiger partial charge in [0.15, 0.2) is 0 Å². The van der Waals surface area contributed by atoms with Crippen LogP contribution in [0.3, 0.4) is 0 Å². The fourth-order valence-electron chi connectivity index (χ4n) is 3.75. The molecule has 0 saturated carbocycles. The van der Waals surface area contributed by atoms with E-state index in [1.54, 1.807) is 26.0 Å². The fraction of sp³-hybridized carbons (Fsp3) is 0.318. The summed E-state index contributed by atoms with van der Waals surface area (Å²) in [6, 6.07) is 9.36. The Bertz CT molecular complexity index is 1310. The van der Waals surface area contributed by atoms with Gasteiger partial charge in [-0.3, -0.25) is 9.59 Å². The van der Waals surface area contributed by atoms with Crippen LogP contribution in [0.25, 0.3) is 0 Å². The number of pyridine rings is 1. The molecule has 1 aliphatic heterocycles. The molecule has 0 unspecified atom stereocenters. The van der Waals surface area contributed by atoms with Gasteiger partial charge in [-0.2, -0.15) is 9.41 Å². The summed E-state index contributed by atoms with van der Waals surface area (Å²) in [6.45, 7) is 3.74. The molecule has 0 saturated heterocycles. The smallest absolute Gasteiger partial charge is 0.263 e. The summed E-state index contributed by atoms with van der Waals surface area (Å²) < 4.78 is 33.7. The van der Waals surface area contributed by atoms with E-state index in [1.807, 2.05) is 17.5 Å². The summed E-state index contributed by atoms with van der Waals surface area (Å²) in [7, 11) is -3.77. The molecule has 4 rings (SSSR count). The average Bonchev–Trinajstić information content (AvgIpc) is 3.55. The van der Waals surface area contributed by atoms with Crippen LogP contribution in [0, 0.1) is 0 Å². The quantitative estimate of drug-likeness (QED) is 0.485. The lowest BCUT2D eigenvalue weighted by atomic mass is 10.1. The second-order valence-corrected chi connectivity index (χ2v) is 10.3. The van der Waals surface area contributed by atoms with Crippen LogP contribution in [0.1, 0.15) is 36.9 Å². The number of hydrazone groups is 1. The molecule has 0 fully saturated rings. The van der Waals surface area contributed by atoms with Crippen LogP contribution >= 0.6 is 11.3 Å². The third-order valence-electron chi connectivity index (χ3n) is 5.45. The van der Waals surface area contributed by atoms with Crippen molar-refractivity contribution < 1.29 is 17.6 Å². The van der Waals surface area contributed by atoms with Crippen LogP contribution in [0.5, 0.6) is 0 Å². The van der Waals surface area contributed by atoms with Crippen LogP contribution in [-0.2, 0) is 21.4 Å². The molecule has 174 valence electrons. The maximum absolute atomic E-state index is 13.3. The summed E-state index contributed by atoms with van der Waals surface area (Å²) >= 11 is 1.53. The Balaban J connectivity index is 1.64. The van der Waals surface area contributed by atoms with Gasteiger partial charge in [0.2, 0.25) is 10.0 Å². The highest BCUT2D eigenvalue weighted by atomic mass is 32.2. The first-order valence-corrected chi connectivity index (χ1v) is 12.8. The first-order valence-electron chi connectivity index (χ1n) is 10.5. The van der Waals surface area contributed by atoms with Crippen molar-refractivity contribution in [2.24, 2.45) is 5.10 Å². The summed E-state index contributed by atoms with van der Waals surface area (Å²) in [4.78, 5) is 26.6. The zero-order chi connectivity index (χ0) is 23.6. The number of carbonyl (C=O) groups excluding carboxylic acids is 1. The van der Waals surface area contributed by atoms with E-state index in [0.717, 1.165) is 21.2 Å². The molecule has 33 heavy (non-hydrogen) atoms. The van der Waals surface area contributed by atoms with Crippen molar-refractivity contribution in [3.63, 3.8) is 0 Å². The van der Waals surface area contributed by atoms with E-state index in [9.17, 15) is 18.0 Å². The maximum atomic E-state index is 13.3. The van der Waals surface area contributed by atoms with E-state index in [0.29, 0.717) is 25.3 Å². The lowest BCUT2D eigenvalue weighted by Crippen LogP contribution is -2.35. The SMILES string of the molecule is CCN(CC)S(=O)(=O)c1ccc(=O)n(CC(=O)N2N=C(c3cccs3)C[C@@H]2c2ccco2)c1. The van der Waals surface area contributed by atoms with Crippen LogP contribution < -0.4 is 5.56 Å². The average molecular weight is 489 g/mol. The van der Waals surface area contributed by atoms with Crippen molar-refractivity contribution in [2.45, 2.75) is 37.8 Å². The van der Waals surface area contributed by atoms with Gasteiger partial charge in [0.1, 0.15) is 18.3 Å². The third kappa shape index (κ3) is 4.56. The molecule has 1 atom stereocenters. The van der Waals surface area contributed by atoms with E-state index in [-0.39, 0.29) is 11.4 Å². The molecule has 1 aliphatic rings. The van der Waals surface area contributed by atoms with Gasteiger partial charge < -0.3 is 8.98 Å². The van der Waals surface area contributed by atoms with Gasteiger partial charge in [-0.15, -0.1) is 11.3 Å². The molecular formula is C22H24N4O5S2. The Morgan fingerprint density at radius 3 is 2.64 bits per heavy atom. The normalized spacial score (nSPS) is 16.4. The molecule has 9 nitrogen and oxygen atoms in total. The highest BCUT2D eigenvalue weighted by molar-refractivity contribution is 7.89. The molecule has 3 aromatic rings. The second-order valence-electron chi connectivity index (χ2n) is 7.42. The predicted octanol–water partition coefficient (Wildman–Crippen LogP) is 2.91. The molecule has 0 radical (unpaired) electrons. The first-order chi connectivity index (χ1) is 15.8. The number of rotatable bonds is 8. The molecule has 1 amide bonds. The maximum Gasteiger partial charge on any atom is 0.263 e. The standard InChI is InChI=1S/C22H24N4O5S2/c1-3-25(4-2)33(29,30)16-9-10-21(27)24(14-16)15-22(28)26-18(19-7-5-11-31-19)13-17(23-26)20-8-6-12-32-20/h5-12,14,18H,3-4,13,15H2,1-2H3/t18-/m1/s1. The Morgan fingerprint density at radius 1 is 1.21 bits per heavy atom. The molecule has 0 bridgehead atoms. The van der Waals surface area contributed by atoms with Gasteiger partial charge in [0.05, 0.1) is 21.7 Å². The number of hydrogen-bond donors (Lipinski definition) is 0. The predicted molar refractivity (Wildman–Crippen MR) is 125 cm³/mol. The van der Waals surface area contributed by atoms with Crippen molar-refractivity contribution in [2.75, 3.05) is 13.1 Å². The first kappa shape index (κ1) is 23.1. The molecule has 11 heteroatoms. The van der Waals surface area contributed by atoms with Crippen LogP contribution in [0.15, 0.2) is 73.4 Å². The minimum absolute atomic E-state index is 0.0367. The Kier molecular flexibility index (Phi) is 6.63. The number of nitrogens with zero attached hydrogens (tertiary/aromatic N) is 4. The van der Waals surface area contributed by atoms with Gasteiger partial charge in [-0.1, -0.05) is 19.9 Å². The van der Waals surface area contributed by atoms with Crippen LogP contribution in [0.2, 0.25) is 0 Å². The Labute approximate surface area is 195 Å². The molecule has 0 aliphatic carbocycles. The number of sulfonamides is 1. The lowest BCUT2D eigenvalue weighted by Gasteiger charge is -2.21. The fourth-order valence-corrected chi connectivity index (χ4v) is 5.95. The number of amides is 1. The van der Waals surface area contributed by atoms with E-state index in [4.69, 9.17) is 4.42 Å². The molecule has 0 aromatic carbocycles. The van der Waals surface area contributed by atoms with Gasteiger partial charge in [0.25, 0.3) is 11.5 Å². The van der Waals surface area contributed by atoms with Gasteiger partial charge in [-0.05, 0) is 29.6 Å². The number of aromatic nitrogens is 1. The molecule has 4 heterocycles. The van der Waals surface area contributed by atoms with Crippen molar-refractivity contribution >= 4 is 33.0 Å². The van der Waals surface area contributed by atoms with Crippen LogP contribution in [-0.4, -0.2) is 47.0 Å². The van der Waals surface area contributed by atoms with Crippen molar-refractivity contribution in [1.82, 2.24) is 13.9 Å². The topological polar surface area (TPSA) is 105 Å². The van der Waals surface area contributed by atoms with Gasteiger partial charge >= 0.3 is 0 Å². The summed E-state index contributed by atoms with van der Waals surface area (Å²) in [5, 5.41) is 7.79. The number of furan rings is 1. The van der Waals surface area contributed by atoms with Gasteiger partial charge in [0, 0.05) is 31.8 Å².